The summed E-state index contributed by atoms with van der Waals surface area (Å²) >= 11 is 0. The molecule has 2 saturated heterocycles. The fraction of sp³-hybridized carbons (Fsp3) is 0.933. The molecule has 2 aliphatic rings. The molecule has 0 saturated carbocycles. The number of nitrogens with one attached hydrogen (secondary N) is 2. The number of rotatable bonds is 6. The quantitative estimate of drug-likeness (QED) is 0.764. The van der Waals surface area contributed by atoms with Gasteiger partial charge in [0, 0.05) is 25.6 Å². The second kappa shape index (κ2) is 7.85. The molecule has 4 heteroatoms. The van der Waals surface area contributed by atoms with Crippen molar-refractivity contribution in [3.63, 3.8) is 0 Å². The highest BCUT2D eigenvalue weighted by atomic mass is 16.1. The average molecular weight is 267 g/mol. The van der Waals surface area contributed by atoms with Gasteiger partial charge in [0.2, 0.25) is 5.91 Å². The fourth-order valence-electron chi connectivity index (χ4n) is 3.12. The summed E-state index contributed by atoms with van der Waals surface area (Å²) in [7, 11) is 0. The number of hydrogen-bond donors (Lipinski definition) is 2. The van der Waals surface area contributed by atoms with E-state index in [4.69, 9.17) is 0 Å². The predicted molar refractivity (Wildman–Crippen MR) is 78.1 cm³/mol. The maximum atomic E-state index is 12.0. The van der Waals surface area contributed by atoms with Crippen LogP contribution in [0, 0.1) is 5.92 Å². The Morgan fingerprint density at radius 2 is 2.11 bits per heavy atom. The standard InChI is InChI=1S/C15H29N3O/c1-2-3-8-18-9-5-14(6-10-18)17-15(19)11-13-4-7-16-12-13/h13-14,16H,2-12H2,1H3,(H,17,19). The highest BCUT2D eigenvalue weighted by Crippen LogP contribution is 2.14. The first-order valence-corrected chi connectivity index (χ1v) is 8.00. The van der Waals surface area contributed by atoms with Gasteiger partial charge in [-0.1, -0.05) is 13.3 Å². The highest BCUT2D eigenvalue weighted by Gasteiger charge is 2.22. The molecule has 0 aromatic rings. The number of carbonyl (C=O) groups excluding carboxylic acids is 1. The van der Waals surface area contributed by atoms with E-state index in [9.17, 15) is 4.79 Å². The van der Waals surface area contributed by atoms with Gasteiger partial charge in [0.05, 0.1) is 0 Å². The lowest BCUT2D eigenvalue weighted by Gasteiger charge is -2.32. The normalized spacial score (nSPS) is 25.6. The Morgan fingerprint density at radius 1 is 1.32 bits per heavy atom. The molecule has 0 aromatic carbocycles. The van der Waals surface area contributed by atoms with Crippen molar-refractivity contribution < 1.29 is 4.79 Å². The molecule has 2 heterocycles. The Hall–Kier alpha value is -0.610. The summed E-state index contributed by atoms with van der Waals surface area (Å²) in [4.78, 5) is 14.5. The topological polar surface area (TPSA) is 44.4 Å². The number of hydrogen-bond acceptors (Lipinski definition) is 3. The van der Waals surface area contributed by atoms with E-state index in [1.54, 1.807) is 0 Å². The van der Waals surface area contributed by atoms with E-state index in [-0.39, 0.29) is 5.91 Å². The molecule has 110 valence electrons. The third-order valence-electron chi connectivity index (χ3n) is 4.42. The van der Waals surface area contributed by atoms with Crippen molar-refractivity contribution in [1.82, 2.24) is 15.5 Å². The molecule has 2 rings (SSSR count). The van der Waals surface area contributed by atoms with Crippen LogP contribution >= 0.6 is 0 Å². The molecule has 0 radical (unpaired) electrons. The summed E-state index contributed by atoms with van der Waals surface area (Å²) in [6, 6.07) is 0.416. The zero-order valence-electron chi connectivity index (χ0n) is 12.3. The van der Waals surface area contributed by atoms with Gasteiger partial charge in [0.15, 0.2) is 0 Å². The molecule has 0 spiro atoms. The van der Waals surface area contributed by atoms with Gasteiger partial charge in [-0.3, -0.25) is 4.79 Å². The van der Waals surface area contributed by atoms with Gasteiger partial charge in [0.1, 0.15) is 0 Å². The van der Waals surface area contributed by atoms with Crippen LogP contribution in [-0.4, -0.2) is 49.6 Å². The van der Waals surface area contributed by atoms with Crippen LogP contribution in [-0.2, 0) is 4.79 Å². The number of likely N-dealkylation sites (tertiary alicyclic amines) is 1. The molecule has 0 bridgehead atoms. The first-order chi connectivity index (χ1) is 9.28. The summed E-state index contributed by atoms with van der Waals surface area (Å²) in [6.45, 7) is 7.86. The largest absolute Gasteiger partial charge is 0.353 e. The monoisotopic (exact) mass is 267 g/mol. The average Bonchev–Trinajstić information content (AvgIpc) is 2.90. The second-order valence-corrected chi connectivity index (χ2v) is 6.10. The minimum atomic E-state index is 0.265. The number of nitrogens with zero attached hydrogens (tertiary/aromatic N) is 1. The predicted octanol–water partition coefficient (Wildman–Crippen LogP) is 1.37. The number of amides is 1. The van der Waals surface area contributed by atoms with Gasteiger partial charge >= 0.3 is 0 Å². The van der Waals surface area contributed by atoms with Crippen molar-refractivity contribution in [3.8, 4) is 0 Å². The maximum absolute atomic E-state index is 12.0. The summed E-state index contributed by atoms with van der Waals surface area (Å²) in [5.41, 5.74) is 0. The SMILES string of the molecule is CCCCN1CCC(NC(=O)CC2CCNC2)CC1. The van der Waals surface area contributed by atoms with Crippen LogP contribution in [0.25, 0.3) is 0 Å². The Bertz CT molecular complexity index is 269. The Labute approximate surface area is 117 Å². The van der Waals surface area contributed by atoms with Crippen LogP contribution in [0.4, 0.5) is 0 Å². The van der Waals surface area contributed by atoms with Crippen LogP contribution in [0.2, 0.25) is 0 Å². The number of carbonyl (C=O) groups is 1. The molecule has 2 fully saturated rings. The van der Waals surface area contributed by atoms with E-state index in [1.807, 2.05) is 0 Å². The molecule has 1 atom stereocenters. The van der Waals surface area contributed by atoms with Gasteiger partial charge in [-0.25, -0.2) is 0 Å². The van der Waals surface area contributed by atoms with Gasteiger partial charge < -0.3 is 15.5 Å². The van der Waals surface area contributed by atoms with Crippen molar-refractivity contribution in [2.45, 2.75) is 51.5 Å². The van der Waals surface area contributed by atoms with Crippen molar-refractivity contribution in [2.24, 2.45) is 5.92 Å². The van der Waals surface area contributed by atoms with Crippen LogP contribution in [0.1, 0.15) is 45.4 Å². The minimum Gasteiger partial charge on any atom is -0.353 e. The van der Waals surface area contributed by atoms with Gasteiger partial charge in [-0.05, 0) is 51.2 Å². The van der Waals surface area contributed by atoms with E-state index in [1.165, 1.54) is 19.4 Å². The fourth-order valence-corrected chi connectivity index (χ4v) is 3.12. The summed E-state index contributed by atoms with van der Waals surface area (Å²) in [5.74, 6) is 0.824. The second-order valence-electron chi connectivity index (χ2n) is 6.10. The van der Waals surface area contributed by atoms with Crippen LogP contribution in [0.3, 0.4) is 0 Å². The van der Waals surface area contributed by atoms with Crippen molar-refractivity contribution in [1.29, 1.82) is 0 Å². The third-order valence-corrected chi connectivity index (χ3v) is 4.42. The van der Waals surface area contributed by atoms with Gasteiger partial charge in [0.25, 0.3) is 0 Å². The van der Waals surface area contributed by atoms with Crippen molar-refractivity contribution >= 4 is 5.91 Å². The van der Waals surface area contributed by atoms with Crippen LogP contribution < -0.4 is 10.6 Å². The van der Waals surface area contributed by atoms with Gasteiger partial charge in [-0.2, -0.15) is 0 Å². The molecular weight excluding hydrogens is 238 g/mol. The number of piperidine rings is 1. The summed E-state index contributed by atoms with van der Waals surface area (Å²) in [5, 5.41) is 6.55. The summed E-state index contributed by atoms with van der Waals surface area (Å²) < 4.78 is 0. The number of unbranched alkanes of at least 4 members (excludes halogenated alkanes) is 1. The molecule has 1 unspecified atom stereocenters. The van der Waals surface area contributed by atoms with Crippen LogP contribution in [0.15, 0.2) is 0 Å². The third kappa shape index (κ3) is 5.11. The zero-order chi connectivity index (χ0) is 13.5. The molecular formula is C15H29N3O. The Kier molecular flexibility index (Phi) is 6.11. The van der Waals surface area contributed by atoms with E-state index < -0.39 is 0 Å². The lowest BCUT2D eigenvalue weighted by Crippen LogP contribution is -2.45. The van der Waals surface area contributed by atoms with Crippen molar-refractivity contribution in [2.75, 3.05) is 32.7 Å². The van der Waals surface area contributed by atoms with E-state index in [2.05, 4.69) is 22.5 Å². The lowest BCUT2D eigenvalue weighted by atomic mass is 10.0. The van der Waals surface area contributed by atoms with E-state index >= 15 is 0 Å². The molecule has 2 N–H and O–H groups in total. The highest BCUT2D eigenvalue weighted by molar-refractivity contribution is 5.76. The first kappa shape index (κ1) is 14.8. The van der Waals surface area contributed by atoms with E-state index in [0.29, 0.717) is 18.4 Å². The Balaban J connectivity index is 1.60. The lowest BCUT2D eigenvalue weighted by molar-refractivity contribution is -0.122. The molecule has 2 aliphatic heterocycles. The van der Waals surface area contributed by atoms with E-state index in [0.717, 1.165) is 45.4 Å². The van der Waals surface area contributed by atoms with Crippen molar-refractivity contribution in [3.05, 3.63) is 0 Å². The molecule has 1 amide bonds. The molecule has 4 nitrogen and oxygen atoms in total. The molecule has 19 heavy (non-hydrogen) atoms. The Morgan fingerprint density at radius 3 is 2.74 bits per heavy atom. The maximum Gasteiger partial charge on any atom is 0.220 e. The van der Waals surface area contributed by atoms with Gasteiger partial charge in [-0.15, -0.1) is 0 Å². The zero-order valence-corrected chi connectivity index (χ0v) is 12.3. The van der Waals surface area contributed by atoms with Crippen LogP contribution in [0.5, 0.6) is 0 Å². The molecule has 0 aliphatic carbocycles. The smallest absolute Gasteiger partial charge is 0.220 e. The first-order valence-electron chi connectivity index (χ1n) is 8.00. The molecule has 0 aromatic heterocycles. The summed E-state index contributed by atoms with van der Waals surface area (Å²) in [6.07, 6.45) is 6.68. The minimum absolute atomic E-state index is 0.265.